The summed E-state index contributed by atoms with van der Waals surface area (Å²) in [6, 6.07) is 15.5. The quantitative estimate of drug-likeness (QED) is 0.912. The van der Waals surface area contributed by atoms with Crippen molar-refractivity contribution in [2.45, 2.75) is 26.8 Å². The van der Waals surface area contributed by atoms with Crippen molar-refractivity contribution < 1.29 is 4.79 Å². The Morgan fingerprint density at radius 3 is 2.42 bits per heavy atom. The van der Waals surface area contributed by atoms with Crippen LogP contribution in [-0.4, -0.2) is 11.7 Å². The maximum Gasteiger partial charge on any atom is 0.194 e. The van der Waals surface area contributed by atoms with E-state index in [9.17, 15) is 4.79 Å². The molecule has 0 bridgehead atoms. The molecule has 1 unspecified atom stereocenters. The van der Waals surface area contributed by atoms with E-state index in [0.717, 1.165) is 16.8 Å². The third kappa shape index (κ3) is 2.95. The number of rotatable bonds is 3. The Hall–Kier alpha value is -2.88. The second kappa shape index (κ2) is 6.32. The van der Waals surface area contributed by atoms with Gasteiger partial charge in [0.05, 0.1) is 5.70 Å². The maximum atomic E-state index is 12.4. The number of hydrogen-bond donors (Lipinski definition) is 2. The molecule has 0 aromatic heterocycles. The minimum Gasteiger partial charge on any atom is -0.370 e. The van der Waals surface area contributed by atoms with Crippen LogP contribution in [0.4, 0.5) is 0 Å². The van der Waals surface area contributed by atoms with Gasteiger partial charge in [0.2, 0.25) is 0 Å². The third-order valence-corrected chi connectivity index (χ3v) is 4.35. The number of nitrogens with zero attached hydrogens (tertiary/aromatic N) is 1. The number of benzene rings is 2. The monoisotopic (exact) mass is 319 g/mol. The number of guanidine groups is 1. The second-order valence-electron chi connectivity index (χ2n) is 6.10. The number of carbonyl (C=O) groups excluding carboxylic acids is 1. The number of aryl methyl sites for hydroxylation is 2. The van der Waals surface area contributed by atoms with E-state index >= 15 is 0 Å². The number of nitrogens with one attached hydrogen (secondary N) is 1. The summed E-state index contributed by atoms with van der Waals surface area (Å²) in [6.45, 7) is 5.70. The first kappa shape index (κ1) is 16.0. The van der Waals surface area contributed by atoms with Gasteiger partial charge >= 0.3 is 0 Å². The van der Waals surface area contributed by atoms with Gasteiger partial charge in [-0.1, -0.05) is 48.5 Å². The van der Waals surface area contributed by atoms with Gasteiger partial charge in [0.25, 0.3) is 0 Å². The normalized spacial score (nSPS) is 17.3. The van der Waals surface area contributed by atoms with Gasteiger partial charge in [-0.05, 0) is 43.0 Å². The van der Waals surface area contributed by atoms with E-state index in [-0.39, 0.29) is 5.78 Å². The third-order valence-electron chi connectivity index (χ3n) is 4.35. The summed E-state index contributed by atoms with van der Waals surface area (Å²) in [5, 5.41) is 3.08. The van der Waals surface area contributed by atoms with E-state index in [1.165, 1.54) is 11.1 Å². The predicted octanol–water partition coefficient (Wildman–Crippen LogP) is 3.26. The number of ketones is 1. The topological polar surface area (TPSA) is 67.5 Å². The van der Waals surface area contributed by atoms with Gasteiger partial charge in [0, 0.05) is 5.57 Å². The Balaban J connectivity index is 2.19. The zero-order valence-corrected chi connectivity index (χ0v) is 14.1. The Morgan fingerprint density at radius 2 is 1.79 bits per heavy atom. The molecule has 0 saturated heterocycles. The van der Waals surface area contributed by atoms with Crippen molar-refractivity contribution in [1.82, 2.24) is 5.32 Å². The van der Waals surface area contributed by atoms with Crippen LogP contribution in [0.15, 0.2) is 59.1 Å². The minimum absolute atomic E-state index is 0.0131. The maximum absolute atomic E-state index is 12.4. The van der Waals surface area contributed by atoms with Crippen molar-refractivity contribution in [2.75, 3.05) is 0 Å². The van der Waals surface area contributed by atoms with Gasteiger partial charge in [-0.15, -0.1) is 0 Å². The molecule has 2 aromatic rings. The van der Waals surface area contributed by atoms with Crippen molar-refractivity contribution in [3.05, 3.63) is 76.4 Å². The first-order chi connectivity index (χ1) is 11.5. The van der Waals surface area contributed by atoms with Crippen LogP contribution in [0.2, 0.25) is 0 Å². The fourth-order valence-corrected chi connectivity index (χ4v) is 2.94. The van der Waals surface area contributed by atoms with E-state index < -0.39 is 6.04 Å². The molecule has 0 saturated carbocycles. The molecular weight excluding hydrogens is 298 g/mol. The molecule has 0 fully saturated rings. The Kier molecular flexibility index (Phi) is 4.21. The molecule has 1 heterocycles. The number of carbonyl (C=O) groups is 1. The highest BCUT2D eigenvalue weighted by Gasteiger charge is 2.28. The molecule has 4 heteroatoms. The fraction of sp³-hybridized carbons (Fsp3) is 0.200. The van der Waals surface area contributed by atoms with Gasteiger partial charge in [-0.2, -0.15) is 0 Å². The van der Waals surface area contributed by atoms with E-state index in [0.29, 0.717) is 11.5 Å². The average molecular weight is 319 g/mol. The summed E-state index contributed by atoms with van der Waals surface area (Å²) in [5.41, 5.74) is 11.7. The lowest BCUT2D eigenvalue weighted by Gasteiger charge is -2.26. The summed E-state index contributed by atoms with van der Waals surface area (Å²) in [7, 11) is 0. The second-order valence-corrected chi connectivity index (χ2v) is 6.10. The largest absolute Gasteiger partial charge is 0.370 e. The van der Waals surface area contributed by atoms with Crippen LogP contribution in [0.25, 0.3) is 5.70 Å². The molecule has 3 rings (SSSR count). The molecule has 1 aliphatic heterocycles. The summed E-state index contributed by atoms with van der Waals surface area (Å²) in [5.74, 6) is 0.308. The van der Waals surface area contributed by atoms with Crippen molar-refractivity contribution in [3.63, 3.8) is 0 Å². The molecule has 0 spiro atoms. The van der Waals surface area contributed by atoms with Crippen molar-refractivity contribution >= 4 is 17.4 Å². The van der Waals surface area contributed by atoms with E-state index in [1.54, 1.807) is 6.92 Å². The number of nitrogens with two attached hydrogens (primary N) is 1. The smallest absolute Gasteiger partial charge is 0.194 e. The van der Waals surface area contributed by atoms with Crippen LogP contribution >= 0.6 is 0 Å². The lowest BCUT2D eigenvalue weighted by molar-refractivity contribution is -0.113. The highest BCUT2D eigenvalue weighted by Crippen LogP contribution is 2.34. The molecule has 0 amide bonds. The van der Waals surface area contributed by atoms with Crippen LogP contribution in [-0.2, 0) is 4.79 Å². The highest BCUT2D eigenvalue weighted by molar-refractivity contribution is 6.06. The summed E-state index contributed by atoms with van der Waals surface area (Å²) in [4.78, 5) is 16.9. The molecule has 1 aliphatic rings. The number of Topliss-reactive ketones (excluding diaryl/α,β-unsaturated/α-hetero) is 1. The molecule has 2 aromatic carbocycles. The Bertz CT molecular complexity index is 850. The van der Waals surface area contributed by atoms with Crippen LogP contribution in [0, 0.1) is 13.8 Å². The van der Waals surface area contributed by atoms with Crippen LogP contribution in [0.3, 0.4) is 0 Å². The SMILES string of the molecule is CC(=O)C1=C(c2ccccc2)NC(N)=NC1c1ccc(C)c(C)c1. The zero-order valence-electron chi connectivity index (χ0n) is 14.1. The van der Waals surface area contributed by atoms with Gasteiger partial charge in [-0.3, -0.25) is 4.79 Å². The van der Waals surface area contributed by atoms with E-state index in [2.05, 4.69) is 36.3 Å². The Morgan fingerprint density at radius 1 is 1.08 bits per heavy atom. The van der Waals surface area contributed by atoms with Crippen LogP contribution < -0.4 is 11.1 Å². The van der Waals surface area contributed by atoms with Gasteiger partial charge in [-0.25, -0.2) is 4.99 Å². The minimum atomic E-state index is -0.391. The lowest BCUT2D eigenvalue weighted by atomic mass is 9.90. The first-order valence-electron chi connectivity index (χ1n) is 7.95. The predicted molar refractivity (Wildman–Crippen MR) is 97.5 cm³/mol. The van der Waals surface area contributed by atoms with Crippen molar-refractivity contribution in [2.24, 2.45) is 10.7 Å². The standard InChI is InChI=1S/C20H21N3O/c1-12-9-10-16(11-13(12)2)19-17(14(3)24)18(22-20(21)23-19)15-7-5-4-6-8-15/h4-11,19H,1-3H3,(H3,21,22,23). The van der Waals surface area contributed by atoms with E-state index in [4.69, 9.17) is 5.73 Å². The van der Waals surface area contributed by atoms with Crippen molar-refractivity contribution in [1.29, 1.82) is 0 Å². The molecular formula is C20H21N3O. The number of hydrogen-bond acceptors (Lipinski definition) is 4. The average Bonchev–Trinajstić information content (AvgIpc) is 2.57. The Labute approximate surface area is 142 Å². The fourth-order valence-electron chi connectivity index (χ4n) is 2.94. The van der Waals surface area contributed by atoms with Gasteiger partial charge in [0.15, 0.2) is 11.7 Å². The first-order valence-corrected chi connectivity index (χ1v) is 7.95. The number of aliphatic imine (C=N–C) groups is 1. The van der Waals surface area contributed by atoms with Crippen LogP contribution in [0.5, 0.6) is 0 Å². The summed E-state index contributed by atoms with van der Waals surface area (Å²) in [6.07, 6.45) is 0. The summed E-state index contributed by atoms with van der Waals surface area (Å²) < 4.78 is 0. The molecule has 122 valence electrons. The van der Waals surface area contributed by atoms with Crippen molar-refractivity contribution in [3.8, 4) is 0 Å². The zero-order chi connectivity index (χ0) is 17.3. The summed E-state index contributed by atoms with van der Waals surface area (Å²) >= 11 is 0. The van der Waals surface area contributed by atoms with E-state index in [1.807, 2.05) is 36.4 Å². The highest BCUT2D eigenvalue weighted by atomic mass is 16.1. The lowest BCUT2D eigenvalue weighted by Crippen LogP contribution is -2.36. The van der Waals surface area contributed by atoms with Gasteiger partial charge < -0.3 is 11.1 Å². The molecule has 4 nitrogen and oxygen atoms in total. The van der Waals surface area contributed by atoms with Crippen LogP contribution in [0.1, 0.15) is 35.2 Å². The molecule has 24 heavy (non-hydrogen) atoms. The molecule has 1 atom stereocenters. The molecule has 3 N–H and O–H groups in total. The van der Waals surface area contributed by atoms with Gasteiger partial charge in [0.1, 0.15) is 6.04 Å². The molecule has 0 radical (unpaired) electrons. The molecule has 0 aliphatic carbocycles.